The largest absolute Gasteiger partial charge is 1.00 e. The van der Waals surface area contributed by atoms with E-state index in [0.29, 0.717) is 5.30 Å². The van der Waals surface area contributed by atoms with Crippen LogP contribution in [0.2, 0.25) is 0 Å². The van der Waals surface area contributed by atoms with E-state index in [0.717, 1.165) is 0 Å². The minimum Gasteiger partial charge on any atom is -0.798 e. The smallest absolute Gasteiger partial charge is 0.798 e. The molecule has 0 saturated carbocycles. The van der Waals surface area contributed by atoms with Crippen LogP contribution < -0.4 is 39.8 Å². The van der Waals surface area contributed by atoms with Gasteiger partial charge in [0.25, 0.3) is 0 Å². The van der Waals surface area contributed by atoms with E-state index < -0.39 is 16.7 Å². The van der Waals surface area contributed by atoms with Gasteiger partial charge in [-0.1, -0.05) is 30.3 Å². The van der Waals surface area contributed by atoms with Crippen molar-refractivity contribution >= 4 is 22.0 Å². The maximum Gasteiger partial charge on any atom is 1.00 e. The third-order valence-electron chi connectivity index (χ3n) is 1.01. The monoisotopic (exact) mass is 228 g/mol. The van der Waals surface area contributed by atoms with Crippen molar-refractivity contribution in [1.29, 1.82) is 0 Å². The molecule has 1 atom stereocenters. The minimum atomic E-state index is -2.71. The van der Waals surface area contributed by atoms with Crippen LogP contribution in [0.15, 0.2) is 30.3 Å². The van der Waals surface area contributed by atoms with Gasteiger partial charge in [0.1, 0.15) is 0 Å². The summed E-state index contributed by atoms with van der Waals surface area (Å²) >= 11 is 0. The molecule has 13 heavy (non-hydrogen) atoms. The summed E-state index contributed by atoms with van der Waals surface area (Å²) in [4.78, 5) is 17.3. The summed E-state index contributed by atoms with van der Waals surface area (Å²) in [5.41, 5.74) is 0. The fourth-order valence-corrected chi connectivity index (χ4v) is 1.04. The summed E-state index contributed by atoms with van der Waals surface area (Å²) in [6.07, 6.45) is 0. The molecule has 1 N–H and O–H groups in total. The van der Waals surface area contributed by atoms with Crippen LogP contribution >= 0.6 is 16.7 Å². The second-order valence-electron chi connectivity index (χ2n) is 1.74. The molecule has 0 bridgehead atoms. The Balaban J connectivity index is 0. The molecule has 1 aromatic carbocycles. The van der Waals surface area contributed by atoms with E-state index >= 15 is 0 Å². The van der Waals surface area contributed by atoms with Gasteiger partial charge in [0.2, 0.25) is 0 Å². The average Bonchev–Trinajstić information content (AvgIpc) is 2.07. The zero-order valence-corrected chi connectivity index (χ0v) is 10.9. The van der Waals surface area contributed by atoms with Crippen molar-refractivity contribution in [3.63, 3.8) is 0 Å². The Bertz CT molecular complexity index is 254. The Hall–Kier alpha value is 0.470. The van der Waals surface area contributed by atoms with Gasteiger partial charge in [-0.2, -0.15) is 0 Å². The number of rotatable bonds is 1. The van der Waals surface area contributed by atoms with E-state index in [2.05, 4.69) is 0 Å². The van der Waals surface area contributed by atoms with Gasteiger partial charge in [0, 0.05) is 8.03 Å². The standard InChI is InChI=1S/C6H7O2P.Na.HO2P/c7-9(8)6-4-2-1-3-5-6;;1-3-2/h1-5,9H,(H,7,8);;(H,1,2)/q;+1;/p-1. The van der Waals surface area contributed by atoms with E-state index in [-0.39, 0.29) is 29.6 Å². The molecule has 66 valence electrons. The van der Waals surface area contributed by atoms with Crippen LogP contribution in [0.4, 0.5) is 0 Å². The molecule has 1 unspecified atom stereocenters. The second-order valence-corrected chi connectivity index (χ2v) is 3.05. The van der Waals surface area contributed by atoms with Crippen molar-refractivity contribution in [3.8, 4) is 0 Å². The summed E-state index contributed by atoms with van der Waals surface area (Å²) in [5.74, 6) is 0. The van der Waals surface area contributed by atoms with Gasteiger partial charge in [0.05, 0.1) is 0 Å². The van der Waals surface area contributed by atoms with Crippen molar-refractivity contribution in [3.05, 3.63) is 30.3 Å². The van der Waals surface area contributed by atoms with E-state index in [1.165, 1.54) is 0 Å². The van der Waals surface area contributed by atoms with E-state index in [1.54, 1.807) is 30.3 Å². The molecule has 0 aliphatic carbocycles. The van der Waals surface area contributed by atoms with Crippen LogP contribution in [-0.2, 0) is 9.13 Å². The van der Waals surface area contributed by atoms with Gasteiger partial charge in [-0.3, -0.25) is 0 Å². The van der Waals surface area contributed by atoms with Crippen molar-refractivity contribution in [1.82, 2.24) is 0 Å². The maximum atomic E-state index is 10.3. The topological polar surface area (TPSA) is 77.4 Å². The van der Waals surface area contributed by atoms with Crippen LogP contribution in [0, 0.1) is 0 Å². The molecule has 0 saturated heterocycles. The third-order valence-corrected chi connectivity index (χ3v) is 1.81. The van der Waals surface area contributed by atoms with Gasteiger partial charge in [0.15, 0.2) is 0 Å². The number of benzene rings is 1. The molecular weight excluding hydrogens is 221 g/mol. The second kappa shape index (κ2) is 10.6. The summed E-state index contributed by atoms with van der Waals surface area (Å²) in [6, 6.07) is 8.35. The summed E-state index contributed by atoms with van der Waals surface area (Å²) in [5, 5.41) is 0.405. The SMILES string of the molecule is O=PO.O=[PH]([O-])c1ccccc1.[Na+]. The molecule has 0 aliphatic heterocycles. The molecule has 1 aromatic rings. The predicted molar refractivity (Wildman–Crippen MR) is 44.9 cm³/mol. The van der Waals surface area contributed by atoms with Gasteiger partial charge in [-0.05, 0) is 5.30 Å². The molecule has 0 aliphatic rings. The van der Waals surface area contributed by atoms with E-state index in [1.807, 2.05) is 0 Å². The third kappa shape index (κ3) is 8.79. The molecular formula is C6H7NaO4P2. The Morgan fingerprint density at radius 3 is 1.92 bits per heavy atom. The molecule has 7 heteroatoms. The van der Waals surface area contributed by atoms with Gasteiger partial charge >= 0.3 is 38.2 Å². The number of hydrogen-bond acceptors (Lipinski definition) is 3. The Kier molecular flexibility index (Phi) is 12.9. The van der Waals surface area contributed by atoms with Crippen LogP contribution in [-0.4, -0.2) is 4.89 Å². The van der Waals surface area contributed by atoms with Gasteiger partial charge < -0.3 is 14.4 Å². The van der Waals surface area contributed by atoms with Crippen molar-refractivity contribution < 1.29 is 48.5 Å². The molecule has 0 heterocycles. The maximum absolute atomic E-state index is 10.3. The molecule has 0 aromatic heterocycles. The number of hydrogen-bond donors (Lipinski definition) is 1. The first-order valence-electron chi connectivity index (χ1n) is 2.95. The molecule has 0 radical (unpaired) electrons. The fourth-order valence-electron chi connectivity index (χ4n) is 0.574. The van der Waals surface area contributed by atoms with E-state index in [4.69, 9.17) is 9.46 Å². The molecule has 0 fully saturated rings. The predicted octanol–water partition coefficient (Wildman–Crippen LogP) is -2.66. The quantitative estimate of drug-likeness (QED) is 0.420. The summed E-state index contributed by atoms with van der Waals surface area (Å²) in [7, 11) is -3.55. The van der Waals surface area contributed by atoms with Crippen molar-refractivity contribution in [2.24, 2.45) is 0 Å². The zero-order valence-electron chi connectivity index (χ0n) is 7.01. The molecule has 0 spiro atoms. The van der Waals surface area contributed by atoms with Gasteiger partial charge in [-0.25, -0.2) is 4.57 Å². The summed E-state index contributed by atoms with van der Waals surface area (Å²) in [6.45, 7) is 0. The normalized spacial score (nSPS) is 10.6. The van der Waals surface area contributed by atoms with Crippen molar-refractivity contribution in [2.75, 3.05) is 0 Å². The van der Waals surface area contributed by atoms with E-state index in [9.17, 15) is 9.46 Å². The first-order chi connectivity index (χ1) is 5.72. The van der Waals surface area contributed by atoms with Crippen molar-refractivity contribution in [2.45, 2.75) is 0 Å². The average molecular weight is 228 g/mol. The summed E-state index contributed by atoms with van der Waals surface area (Å²) < 4.78 is 18.7. The molecule has 1 rings (SSSR count). The Morgan fingerprint density at radius 1 is 1.31 bits per heavy atom. The Morgan fingerprint density at radius 2 is 1.69 bits per heavy atom. The Labute approximate surface area is 100 Å². The first kappa shape index (κ1) is 15.9. The van der Waals surface area contributed by atoms with Crippen LogP contribution in [0.5, 0.6) is 0 Å². The fraction of sp³-hybridized carbons (Fsp3) is 0. The van der Waals surface area contributed by atoms with Crippen LogP contribution in [0.3, 0.4) is 0 Å². The molecule has 0 amide bonds. The minimum absolute atomic E-state index is 0. The molecule has 4 nitrogen and oxygen atoms in total. The zero-order chi connectivity index (χ0) is 9.40. The first-order valence-corrected chi connectivity index (χ1v) is 5.03. The van der Waals surface area contributed by atoms with Crippen LogP contribution in [0.1, 0.15) is 0 Å². The van der Waals surface area contributed by atoms with Crippen LogP contribution in [0.25, 0.3) is 0 Å². The van der Waals surface area contributed by atoms with Gasteiger partial charge in [-0.15, -0.1) is 0 Å².